The molecule has 0 saturated carbocycles. The number of hydrogen-bond acceptors (Lipinski definition) is 3. The molecule has 1 aromatic carbocycles. The van der Waals surface area contributed by atoms with Gasteiger partial charge in [-0.2, -0.15) is 0 Å². The Balaban J connectivity index is 3.16. The Labute approximate surface area is 90.1 Å². The van der Waals surface area contributed by atoms with Gasteiger partial charge in [0.2, 0.25) is 0 Å². The second-order valence-corrected chi connectivity index (χ2v) is 4.00. The van der Waals surface area contributed by atoms with Gasteiger partial charge in [0.1, 0.15) is 5.69 Å². The molecule has 82 valence electrons. The van der Waals surface area contributed by atoms with Gasteiger partial charge in [-0.25, -0.2) is 0 Å². The van der Waals surface area contributed by atoms with Crippen molar-refractivity contribution in [3.8, 4) is 0 Å². The largest absolute Gasteiger partial charge is 0.396 e. The van der Waals surface area contributed by atoms with Crippen LogP contribution >= 0.6 is 0 Å². The first-order valence-corrected chi connectivity index (χ1v) is 5.15. The van der Waals surface area contributed by atoms with Gasteiger partial charge >= 0.3 is 0 Å². The molecule has 1 rings (SSSR count). The van der Waals surface area contributed by atoms with E-state index in [1.807, 2.05) is 20.8 Å². The summed E-state index contributed by atoms with van der Waals surface area (Å²) in [7, 11) is 0. The first-order chi connectivity index (χ1) is 7.10. The lowest BCUT2D eigenvalue weighted by molar-refractivity contribution is 0.278. The monoisotopic (exact) mass is 207 g/mol. The second-order valence-electron chi connectivity index (χ2n) is 4.00. The minimum absolute atomic E-state index is 0.165. The fourth-order valence-corrected chi connectivity index (χ4v) is 1.82. The number of rotatable bonds is 4. The van der Waals surface area contributed by atoms with Gasteiger partial charge in [0, 0.05) is 6.61 Å². The fourth-order valence-electron chi connectivity index (χ4n) is 1.82. The van der Waals surface area contributed by atoms with Crippen LogP contribution in [0.15, 0.2) is 17.3 Å². The molecule has 0 aromatic heterocycles. The normalized spacial score (nSPS) is 12.5. The summed E-state index contributed by atoms with van der Waals surface area (Å²) in [6.45, 7) is 6.06. The molecule has 0 aliphatic carbocycles. The Morgan fingerprint density at radius 1 is 1.40 bits per heavy atom. The van der Waals surface area contributed by atoms with E-state index in [1.54, 1.807) is 6.07 Å². The molecule has 0 saturated heterocycles. The maximum Gasteiger partial charge on any atom is 0.111 e. The zero-order chi connectivity index (χ0) is 11.4. The summed E-state index contributed by atoms with van der Waals surface area (Å²) in [4.78, 5) is 10.6. The molecule has 0 heterocycles. The molecular formula is C12H17NO2. The standard InChI is InChI=1S/C12H17NO2/c1-8-6-11(9(2)4-5-14)10(3)12(7-8)13-15/h6-7,9,14H,4-5H2,1-3H3/t9-/m1/s1. The lowest BCUT2D eigenvalue weighted by atomic mass is 9.91. The van der Waals surface area contributed by atoms with E-state index in [0.29, 0.717) is 12.1 Å². The van der Waals surface area contributed by atoms with E-state index in [-0.39, 0.29) is 12.5 Å². The highest BCUT2D eigenvalue weighted by Crippen LogP contribution is 2.30. The van der Waals surface area contributed by atoms with Gasteiger partial charge in [-0.05, 0) is 54.1 Å². The number of nitroso groups, excluding NO2 is 1. The SMILES string of the molecule is Cc1cc(N=O)c(C)c([C@H](C)CCO)c1. The topological polar surface area (TPSA) is 49.7 Å². The van der Waals surface area contributed by atoms with E-state index in [4.69, 9.17) is 5.11 Å². The van der Waals surface area contributed by atoms with Gasteiger partial charge < -0.3 is 5.11 Å². The Bertz CT molecular complexity index is 361. The average Bonchev–Trinajstić information content (AvgIpc) is 2.21. The molecule has 0 fully saturated rings. The van der Waals surface area contributed by atoms with Crippen molar-refractivity contribution in [3.05, 3.63) is 33.7 Å². The molecule has 15 heavy (non-hydrogen) atoms. The molecule has 0 amide bonds. The van der Waals surface area contributed by atoms with E-state index in [1.165, 1.54) is 0 Å². The van der Waals surface area contributed by atoms with Crippen molar-refractivity contribution in [1.82, 2.24) is 0 Å². The summed E-state index contributed by atoms with van der Waals surface area (Å²) in [5.41, 5.74) is 3.58. The zero-order valence-corrected chi connectivity index (χ0v) is 9.45. The fraction of sp³-hybridized carbons (Fsp3) is 0.500. The van der Waals surface area contributed by atoms with E-state index in [2.05, 4.69) is 11.2 Å². The quantitative estimate of drug-likeness (QED) is 0.771. The third-order valence-corrected chi connectivity index (χ3v) is 2.76. The van der Waals surface area contributed by atoms with Crippen molar-refractivity contribution in [1.29, 1.82) is 0 Å². The van der Waals surface area contributed by atoms with Crippen LogP contribution < -0.4 is 0 Å². The van der Waals surface area contributed by atoms with Crippen LogP contribution in [-0.2, 0) is 0 Å². The minimum Gasteiger partial charge on any atom is -0.396 e. The maximum absolute atomic E-state index is 10.6. The molecule has 1 atom stereocenters. The number of aliphatic hydroxyl groups is 1. The maximum atomic E-state index is 10.6. The van der Waals surface area contributed by atoms with Crippen LogP contribution in [0.25, 0.3) is 0 Å². The Kier molecular flexibility index (Phi) is 3.97. The second kappa shape index (κ2) is 5.03. The Hall–Kier alpha value is -1.22. The molecule has 0 radical (unpaired) electrons. The van der Waals surface area contributed by atoms with Crippen molar-refractivity contribution in [3.63, 3.8) is 0 Å². The number of benzene rings is 1. The van der Waals surface area contributed by atoms with E-state index in [0.717, 1.165) is 16.7 Å². The highest BCUT2D eigenvalue weighted by molar-refractivity contribution is 5.52. The summed E-state index contributed by atoms with van der Waals surface area (Å²) >= 11 is 0. The first kappa shape index (κ1) is 11.9. The number of aryl methyl sites for hydroxylation is 1. The third-order valence-electron chi connectivity index (χ3n) is 2.76. The van der Waals surface area contributed by atoms with Crippen molar-refractivity contribution in [2.75, 3.05) is 6.61 Å². The summed E-state index contributed by atoms with van der Waals surface area (Å²) in [5.74, 6) is 0.260. The molecule has 3 heteroatoms. The van der Waals surface area contributed by atoms with Crippen LogP contribution in [0.5, 0.6) is 0 Å². The van der Waals surface area contributed by atoms with Gasteiger partial charge in [0.15, 0.2) is 0 Å². The van der Waals surface area contributed by atoms with Crippen molar-refractivity contribution >= 4 is 5.69 Å². The summed E-state index contributed by atoms with van der Waals surface area (Å²) in [6.07, 6.45) is 0.711. The first-order valence-electron chi connectivity index (χ1n) is 5.15. The van der Waals surface area contributed by atoms with Crippen LogP contribution in [0.3, 0.4) is 0 Å². The molecule has 1 aromatic rings. The Morgan fingerprint density at radius 2 is 2.07 bits per heavy atom. The van der Waals surface area contributed by atoms with Crippen molar-refractivity contribution in [2.24, 2.45) is 5.18 Å². The van der Waals surface area contributed by atoms with Crippen LogP contribution in [-0.4, -0.2) is 11.7 Å². The van der Waals surface area contributed by atoms with Crippen molar-refractivity contribution < 1.29 is 5.11 Å². The van der Waals surface area contributed by atoms with Crippen LogP contribution in [0.1, 0.15) is 36.0 Å². The van der Waals surface area contributed by atoms with Crippen LogP contribution in [0.4, 0.5) is 5.69 Å². The lowest BCUT2D eigenvalue weighted by Gasteiger charge is -2.15. The molecule has 0 bridgehead atoms. The third kappa shape index (κ3) is 2.63. The van der Waals surface area contributed by atoms with Gasteiger partial charge in [0.25, 0.3) is 0 Å². The predicted octanol–water partition coefficient (Wildman–Crippen LogP) is 3.19. The molecule has 0 unspecified atom stereocenters. The van der Waals surface area contributed by atoms with Crippen LogP contribution in [0.2, 0.25) is 0 Å². The van der Waals surface area contributed by atoms with E-state index in [9.17, 15) is 4.91 Å². The van der Waals surface area contributed by atoms with Gasteiger partial charge in [-0.3, -0.25) is 0 Å². The summed E-state index contributed by atoms with van der Waals surface area (Å²) in [5, 5.41) is 11.9. The van der Waals surface area contributed by atoms with Gasteiger partial charge in [0.05, 0.1) is 0 Å². The lowest BCUT2D eigenvalue weighted by Crippen LogP contribution is -2.00. The molecule has 3 nitrogen and oxygen atoms in total. The zero-order valence-electron chi connectivity index (χ0n) is 9.45. The van der Waals surface area contributed by atoms with E-state index < -0.39 is 0 Å². The highest BCUT2D eigenvalue weighted by atomic mass is 16.3. The number of aliphatic hydroxyl groups excluding tert-OH is 1. The van der Waals surface area contributed by atoms with Gasteiger partial charge in [-0.1, -0.05) is 13.0 Å². The molecule has 0 aliphatic heterocycles. The Morgan fingerprint density at radius 3 is 2.60 bits per heavy atom. The molecule has 0 spiro atoms. The number of nitrogens with zero attached hydrogens (tertiary/aromatic N) is 1. The molecule has 1 N–H and O–H groups in total. The van der Waals surface area contributed by atoms with Crippen molar-refractivity contribution in [2.45, 2.75) is 33.1 Å². The predicted molar refractivity (Wildman–Crippen MR) is 61.5 cm³/mol. The number of hydrogen-bond donors (Lipinski definition) is 1. The van der Waals surface area contributed by atoms with Crippen LogP contribution in [0, 0.1) is 18.8 Å². The smallest absolute Gasteiger partial charge is 0.111 e. The summed E-state index contributed by atoms with van der Waals surface area (Å²) in [6, 6.07) is 3.85. The van der Waals surface area contributed by atoms with Gasteiger partial charge in [-0.15, -0.1) is 4.91 Å². The van der Waals surface area contributed by atoms with E-state index >= 15 is 0 Å². The highest BCUT2D eigenvalue weighted by Gasteiger charge is 2.12. The average molecular weight is 207 g/mol. The summed E-state index contributed by atoms with van der Waals surface area (Å²) < 4.78 is 0. The molecule has 0 aliphatic rings. The molecular weight excluding hydrogens is 190 g/mol. The minimum atomic E-state index is 0.165.